The minimum absolute atomic E-state index is 0.129. The summed E-state index contributed by atoms with van der Waals surface area (Å²) in [6.45, 7) is 2.05. The van der Waals surface area contributed by atoms with Crippen molar-refractivity contribution < 1.29 is 18.0 Å². The molecule has 8 heteroatoms. The Labute approximate surface area is 191 Å². The number of hydrogen-bond acceptors (Lipinski definition) is 4. The van der Waals surface area contributed by atoms with Crippen LogP contribution in [0.25, 0.3) is 0 Å². The molecule has 0 radical (unpaired) electrons. The standard InChI is InChI=1S/C24H21ClN2O4S/c1-16-6-12-19(13-7-16)32(30,31)15-26-23(28)22-20-4-2-3-5-21(20)24(29)27(22)14-17-8-10-18(25)11-9-17/h2-13,22H,14-15H2,1H3,(H,26,28). The molecule has 1 heterocycles. The highest BCUT2D eigenvalue weighted by atomic mass is 35.5. The van der Waals surface area contributed by atoms with E-state index in [1.807, 2.05) is 6.92 Å². The van der Waals surface area contributed by atoms with Gasteiger partial charge in [0.1, 0.15) is 11.9 Å². The van der Waals surface area contributed by atoms with E-state index in [9.17, 15) is 18.0 Å². The van der Waals surface area contributed by atoms with Crippen molar-refractivity contribution >= 4 is 33.3 Å². The molecular formula is C24H21ClN2O4S. The molecule has 1 aliphatic rings. The smallest absolute Gasteiger partial charge is 0.255 e. The molecule has 164 valence electrons. The topological polar surface area (TPSA) is 83.5 Å². The van der Waals surface area contributed by atoms with Gasteiger partial charge in [0.25, 0.3) is 5.91 Å². The highest BCUT2D eigenvalue weighted by molar-refractivity contribution is 7.91. The lowest BCUT2D eigenvalue weighted by Crippen LogP contribution is -2.40. The number of hydrogen-bond donors (Lipinski definition) is 1. The Morgan fingerprint density at radius 3 is 2.34 bits per heavy atom. The van der Waals surface area contributed by atoms with E-state index >= 15 is 0 Å². The molecule has 0 fully saturated rings. The molecule has 1 aliphatic heterocycles. The van der Waals surface area contributed by atoms with Crippen LogP contribution in [0.4, 0.5) is 0 Å². The van der Waals surface area contributed by atoms with Crippen molar-refractivity contribution in [2.24, 2.45) is 0 Å². The number of aryl methyl sites for hydroxylation is 1. The first-order valence-electron chi connectivity index (χ1n) is 9.98. The second-order valence-electron chi connectivity index (χ2n) is 7.66. The Bertz CT molecular complexity index is 1270. The van der Waals surface area contributed by atoms with Gasteiger partial charge >= 0.3 is 0 Å². The van der Waals surface area contributed by atoms with E-state index in [2.05, 4.69) is 5.32 Å². The number of rotatable bonds is 6. The van der Waals surface area contributed by atoms with Gasteiger partial charge in [-0.25, -0.2) is 8.42 Å². The predicted octanol–water partition coefficient (Wildman–Crippen LogP) is 3.89. The van der Waals surface area contributed by atoms with Crippen LogP contribution < -0.4 is 5.32 Å². The van der Waals surface area contributed by atoms with Gasteiger partial charge in [0.2, 0.25) is 5.91 Å². The minimum Gasteiger partial charge on any atom is -0.340 e. The average Bonchev–Trinajstić information content (AvgIpc) is 3.06. The van der Waals surface area contributed by atoms with E-state index < -0.39 is 27.7 Å². The molecule has 32 heavy (non-hydrogen) atoms. The number of nitrogens with zero attached hydrogens (tertiary/aromatic N) is 1. The highest BCUT2D eigenvalue weighted by Gasteiger charge is 2.41. The molecule has 2 amide bonds. The van der Waals surface area contributed by atoms with Gasteiger partial charge in [-0.1, -0.05) is 59.6 Å². The molecule has 0 spiro atoms. The van der Waals surface area contributed by atoms with Crippen LogP contribution in [0.1, 0.15) is 33.1 Å². The van der Waals surface area contributed by atoms with Crippen molar-refractivity contribution in [3.8, 4) is 0 Å². The van der Waals surface area contributed by atoms with Gasteiger partial charge < -0.3 is 10.2 Å². The fourth-order valence-corrected chi connectivity index (χ4v) is 4.87. The average molecular weight is 469 g/mol. The van der Waals surface area contributed by atoms with Gasteiger partial charge in [0, 0.05) is 17.1 Å². The Balaban J connectivity index is 1.58. The Hall–Kier alpha value is -3.16. The van der Waals surface area contributed by atoms with E-state index in [-0.39, 0.29) is 17.3 Å². The second-order valence-corrected chi connectivity index (χ2v) is 10.1. The lowest BCUT2D eigenvalue weighted by atomic mass is 10.0. The number of amides is 2. The first-order valence-corrected chi connectivity index (χ1v) is 12.0. The van der Waals surface area contributed by atoms with Crippen molar-refractivity contribution in [1.82, 2.24) is 10.2 Å². The lowest BCUT2D eigenvalue weighted by Gasteiger charge is -2.25. The molecule has 0 bridgehead atoms. The number of benzene rings is 3. The SMILES string of the molecule is Cc1ccc(S(=O)(=O)CNC(=O)C2c3ccccc3C(=O)N2Cc2ccc(Cl)cc2)cc1. The number of sulfone groups is 1. The zero-order valence-electron chi connectivity index (χ0n) is 17.3. The molecule has 3 aromatic rings. The van der Waals surface area contributed by atoms with Crippen LogP contribution in [0.2, 0.25) is 5.02 Å². The fourth-order valence-electron chi connectivity index (χ4n) is 3.69. The van der Waals surface area contributed by atoms with Gasteiger partial charge in [-0.05, 0) is 48.4 Å². The zero-order chi connectivity index (χ0) is 22.9. The van der Waals surface area contributed by atoms with Crippen LogP contribution in [-0.4, -0.2) is 31.0 Å². The molecule has 3 aromatic carbocycles. The summed E-state index contributed by atoms with van der Waals surface area (Å²) in [6, 6.07) is 19.4. The summed E-state index contributed by atoms with van der Waals surface area (Å²) in [4.78, 5) is 27.8. The molecule has 4 rings (SSSR count). The van der Waals surface area contributed by atoms with Crippen LogP contribution in [0, 0.1) is 6.92 Å². The van der Waals surface area contributed by atoms with E-state index in [1.165, 1.54) is 17.0 Å². The van der Waals surface area contributed by atoms with E-state index in [4.69, 9.17) is 11.6 Å². The largest absolute Gasteiger partial charge is 0.340 e. The Morgan fingerprint density at radius 1 is 1.00 bits per heavy atom. The monoisotopic (exact) mass is 468 g/mol. The summed E-state index contributed by atoms with van der Waals surface area (Å²) in [5, 5.41) is 3.09. The first-order chi connectivity index (χ1) is 15.3. The number of halogens is 1. The summed E-state index contributed by atoms with van der Waals surface area (Å²) < 4.78 is 25.3. The van der Waals surface area contributed by atoms with Crippen molar-refractivity contribution in [2.75, 3.05) is 5.88 Å². The number of fused-ring (bicyclic) bond motifs is 1. The number of carbonyl (C=O) groups excluding carboxylic acids is 2. The quantitative estimate of drug-likeness (QED) is 0.594. The summed E-state index contributed by atoms with van der Waals surface area (Å²) in [5.41, 5.74) is 2.73. The number of nitrogens with one attached hydrogen (secondary N) is 1. The third-order valence-corrected chi connectivity index (χ3v) is 7.16. The lowest BCUT2D eigenvalue weighted by molar-refractivity contribution is -0.125. The van der Waals surface area contributed by atoms with Crippen LogP contribution in [0.15, 0.2) is 77.7 Å². The van der Waals surface area contributed by atoms with E-state index in [0.717, 1.165) is 11.1 Å². The molecule has 1 N–H and O–H groups in total. The second kappa shape index (κ2) is 8.76. The van der Waals surface area contributed by atoms with Gasteiger partial charge in [-0.2, -0.15) is 0 Å². The summed E-state index contributed by atoms with van der Waals surface area (Å²) >= 11 is 5.95. The summed E-state index contributed by atoms with van der Waals surface area (Å²) in [7, 11) is -3.72. The molecular weight excluding hydrogens is 448 g/mol. The van der Waals surface area contributed by atoms with Crippen LogP contribution >= 0.6 is 11.6 Å². The van der Waals surface area contributed by atoms with Crippen molar-refractivity contribution in [3.05, 3.63) is 100 Å². The molecule has 0 aromatic heterocycles. The normalized spacial score (nSPS) is 15.5. The van der Waals surface area contributed by atoms with E-state index in [0.29, 0.717) is 16.1 Å². The van der Waals surface area contributed by atoms with Gasteiger partial charge in [-0.15, -0.1) is 0 Å². The van der Waals surface area contributed by atoms with Gasteiger partial charge in [-0.3, -0.25) is 9.59 Å². The third kappa shape index (κ3) is 4.40. The van der Waals surface area contributed by atoms with Crippen LogP contribution in [0.3, 0.4) is 0 Å². The molecule has 0 aliphatic carbocycles. The molecule has 0 saturated carbocycles. The van der Waals surface area contributed by atoms with Crippen molar-refractivity contribution in [1.29, 1.82) is 0 Å². The molecule has 1 unspecified atom stereocenters. The maximum atomic E-state index is 13.1. The third-order valence-electron chi connectivity index (χ3n) is 5.39. The maximum Gasteiger partial charge on any atom is 0.255 e. The zero-order valence-corrected chi connectivity index (χ0v) is 18.9. The van der Waals surface area contributed by atoms with Gasteiger partial charge in [0.15, 0.2) is 9.84 Å². The predicted molar refractivity (Wildman–Crippen MR) is 122 cm³/mol. The van der Waals surface area contributed by atoms with Crippen LogP contribution in [-0.2, 0) is 21.2 Å². The maximum absolute atomic E-state index is 13.1. The number of carbonyl (C=O) groups is 2. The first kappa shape index (κ1) is 22.0. The highest BCUT2D eigenvalue weighted by Crippen LogP contribution is 2.35. The van der Waals surface area contributed by atoms with Crippen molar-refractivity contribution in [2.45, 2.75) is 24.4 Å². The molecule has 6 nitrogen and oxygen atoms in total. The summed E-state index contributed by atoms with van der Waals surface area (Å²) in [5.74, 6) is -1.39. The summed E-state index contributed by atoms with van der Waals surface area (Å²) in [6.07, 6.45) is 0. The minimum atomic E-state index is -3.72. The Kier molecular flexibility index (Phi) is 6.04. The Morgan fingerprint density at radius 2 is 1.66 bits per heavy atom. The van der Waals surface area contributed by atoms with Gasteiger partial charge in [0.05, 0.1) is 4.90 Å². The van der Waals surface area contributed by atoms with Crippen molar-refractivity contribution in [3.63, 3.8) is 0 Å². The van der Waals surface area contributed by atoms with E-state index in [1.54, 1.807) is 60.7 Å². The fraction of sp³-hybridized carbons (Fsp3) is 0.167. The van der Waals surface area contributed by atoms with Crippen LogP contribution in [0.5, 0.6) is 0 Å². The molecule has 0 saturated heterocycles. The molecule has 1 atom stereocenters.